The van der Waals surface area contributed by atoms with Gasteiger partial charge in [-0.3, -0.25) is 0 Å². The smallest absolute Gasteiger partial charge is 0.191 e. The molecule has 1 saturated heterocycles. The van der Waals surface area contributed by atoms with Gasteiger partial charge < -0.3 is 14.9 Å². The highest BCUT2D eigenvalue weighted by Gasteiger charge is 2.28. The number of thiazole rings is 1. The van der Waals surface area contributed by atoms with Crippen molar-refractivity contribution in [3.63, 3.8) is 0 Å². The first-order valence-electron chi connectivity index (χ1n) is 11.5. The molecule has 4 heterocycles. The Morgan fingerprint density at radius 3 is 2.69 bits per heavy atom. The lowest BCUT2D eigenvalue weighted by atomic mass is 10.2. The number of anilines is 3. The molecule has 1 atom stereocenters. The summed E-state index contributed by atoms with van der Waals surface area (Å²) in [6.07, 6.45) is 2.80. The molecule has 1 aromatic carbocycles. The predicted molar refractivity (Wildman–Crippen MR) is 141 cm³/mol. The van der Waals surface area contributed by atoms with E-state index in [1.165, 1.54) is 23.5 Å². The van der Waals surface area contributed by atoms with Gasteiger partial charge in [0, 0.05) is 37.6 Å². The van der Waals surface area contributed by atoms with E-state index in [1.54, 1.807) is 24.1 Å². The number of hydrogen-bond donors (Lipinski definition) is 1. The fourth-order valence-corrected chi connectivity index (χ4v) is 5.89. The zero-order chi connectivity index (χ0) is 24.5. The quantitative estimate of drug-likeness (QED) is 0.371. The van der Waals surface area contributed by atoms with E-state index in [9.17, 15) is 9.50 Å². The number of nitrogens with zero attached hydrogens (tertiary/aromatic N) is 7. The molecule has 11 heteroatoms. The normalized spacial score (nSPS) is 16.8. The standard InChI is InChI=1S/C24H28FN7OS2/c1-4-19-23(29(2)24-27-20(15-35-24)16-5-7-17(25)8-6-16)32-21(26-19)9-10-22(28-32)30-11-12-31(34-3)18(13-30)14-33/h5-10,15,18,33H,4,11-14H2,1-3H3/t18-/m1/s1. The van der Waals surface area contributed by atoms with Gasteiger partial charge >= 0.3 is 0 Å². The summed E-state index contributed by atoms with van der Waals surface area (Å²) >= 11 is 3.20. The van der Waals surface area contributed by atoms with Crippen molar-refractivity contribution in [3.05, 3.63) is 53.3 Å². The molecular formula is C24H28FN7OS2. The summed E-state index contributed by atoms with van der Waals surface area (Å²) < 4.78 is 17.5. The number of piperazine rings is 1. The largest absolute Gasteiger partial charge is 0.395 e. The zero-order valence-electron chi connectivity index (χ0n) is 19.9. The Morgan fingerprint density at radius 1 is 1.17 bits per heavy atom. The average molecular weight is 514 g/mol. The molecule has 8 nitrogen and oxygen atoms in total. The number of fused-ring (bicyclic) bond motifs is 1. The third kappa shape index (κ3) is 4.61. The van der Waals surface area contributed by atoms with Gasteiger partial charge in [0.25, 0.3) is 0 Å². The van der Waals surface area contributed by atoms with E-state index in [4.69, 9.17) is 15.1 Å². The molecule has 184 valence electrons. The maximum Gasteiger partial charge on any atom is 0.191 e. The number of aromatic nitrogens is 4. The van der Waals surface area contributed by atoms with Crippen LogP contribution in [0.25, 0.3) is 16.9 Å². The van der Waals surface area contributed by atoms with Crippen molar-refractivity contribution < 1.29 is 9.50 Å². The summed E-state index contributed by atoms with van der Waals surface area (Å²) in [7, 11) is 1.98. The molecule has 0 bridgehead atoms. The number of halogens is 1. The fourth-order valence-electron chi connectivity index (χ4n) is 4.40. The Hall–Kier alpha value is -2.73. The third-order valence-electron chi connectivity index (χ3n) is 6.28. The third-order valence-corrected chi connectivity index (χ3v) is 8.15. The molecule has 0 unspecified atom stereocenters. The van der Waals surface area contributed by atoms with Gasteiger partial charge in [0.05, 0.1) is 24.0 Å². The molecule has 1 N–H and O–H groups in total. The van der Waals surface area contributed by atoms with Crippen molar-refractivity contribution >= 4 is 45.7 Å². The van der Waals surface area contributed by atoms with Gasteiger partial charge in [-0.15, -0.1) is 16.4 Å². The van der Waals surface area contributed by atoms with E-state index >= 15 is 0 Å². The molecule has 5 rings (SSSR count). The second-order valence-corrected chi connectivity index (χ2v) is 10.1. The van der Waals surface area contributed by atoms with Gasteiger partial charge in [-0.25, -0.2) is 18.7 Å². The van der Waals surface area contributed by atoms with Crippen LogP contribution >= 0.6 is 23.3 Å². The van der Waals surface area contributed by atoms with Crippen LogP contribution in [0, 0.1) is 5.82 Å². The number of aryl methyl sites for hydroxylation is 1. The number of rotatable bonds is 7. The molecule has 0 spiro atoms. The second-order valence-electron chi connectivity index (χ2n) is 8.38. The first-order valence-corrected chi connectivity index (χ1v) is 13.6. The van der Waals surface area contributed by atoms with E-state index in [-0.39, 0.29) is 18.5 Å². The fraction of sp³-hybridized carbons (Fsp3) is 0.375. The number of aliphatic hydroxyl groups is 1. The van der Waals surface area contributed by atoms with Crippen LogP contribution in [0.2, 0.25) is 0 Å². The molecule has 1 aliphatic rings. The number of hydrogen-bond acceptors (Lipinski definition) is 9. The van der Waals surface area contributed by atoms with Crippen LogP contribution in [0.3, 0.4) is 0 Å². The van der Waals surface area contributed by atoms with Gasteiger partial charge in [0.2, 0.25) is 0 Å². The Bertz CT molecular complexity index is 1310. The SMILES string of the molecule is CCc1nc2ccc(N3CCN(SC)[C@@H](CO)C3)nn2c1N(C)c1nc(-c2ccc(F)cc2)cs1. The maximum atomic E-state index is 13.3. The molecule has 1 aliphatic heterocycles. The highest BCUT2D eigenvalue weighted by atomic mass is 32.2. The number of aliphatic hydroxyl groups excluding tert-OH is 1. The van der Waals surface area contributed by atoms with E-state index in [0.717, 1.165) is 58.9 Å². The van der Waals surface area contributed by atoms with Crippen LogP contribution < -0.4 is 9.80 Å². The molecule has 1 fully saturated rings. The summed E-state index contributed by atoms with van der Waals surface area (Å²) in [4.78, 5) is 13.9. The van der Waals surface area contributed by atoms with E-state index < -0.39 is 0 Å². The van der Waals surface area contributed by atoms with Gasteiger partial charge in [-0.1, -0.05) is 18.9 Å². The summed E-state index contributed by atoms with van der Waals surface area (Å²) in [5.41, 5.74) is 3.40. The minimum atomic E-state index is -0.262. The molecule has 0 amide bonds. The van der Waals surface area contributed by atoms with Crippen molar-refractivity contribution in [3.8, 4) is 11.3 Å². The monoisotopic (exact) mass is 513 g/mol. The van der Waals surface area contributed by atoms with Crippen molar-refractivity contribution in [2.24, 2.45) is 0 Å². The Kier molecular flexibility index (Phi) is 6.92. The average Bonchev–Trinajstić information content (AvgIpc) is 3.53. The van der Waals surface area contributed by atoms with Crippen LogP contribution in [0.15, 0.2) is 41.8 Å². The zero-order valence-corrected chi connectivity index (χ0v) is 21.6. The van der Waals surface area contributed by atoms with Crippen molar-refractivity contribution in [2.45, 2.75) is 19.4 Å². The Balaban J connectivity index is 1.48. The highest BCUT2D eigenvalue weighted by molar-refractivity contribution is 7.96. The van der Waals surface area contributed by atoms with E-state index in [0.29, 0.717) is 6.54 Å². The molecule has 3 aromatic heterocycles. The molecule has 0 radical (unpaired) electrons. The number of benzene rings is 1. The van der Waals surface area contributed by atoms with Crippen molar-refractivity contribution in [1.82, 2.24) is 23.9 Å². The van der Waals surface area contributed by atoms with Crippen LogP contribution in [0.4, 0.5) is 21.2 Å². The second kappa shape index (κ2) is 10.1. The first-order chi connectivity index (χ1) is 17.0. The lowest BCUT2D eigenvalue weighted by Crippen LogP contribution is -2.52. The summed E-state index contributed by atoms with van der Waals surface area (Å²) in [5.74, 6) is 1.48. The maximum absolute atomic E-state index is 13.3. The summed E-state index contributed by atoms with van der Waals surface area (Å²) in [5, 5.41) is 17.6. The lowest BCUT2D eigenvalue weighted by Gasteiger charge is -2.39. The highest BCUT2D eigenvalue weighted by Crippen LogP contribution is 2.34. The lowest BCUT2D eigenvalue weighted by molar-refractivity contribution is 0.185. The van der Waals surface area contributed by atoms with Crippen LogP contribution in [0.5, 0.6) is 0 Å². The Labute approximate surface area is 212 Å². The molecular weight excluding hydrogens is 485 g/mol. The van der Waals surface area contributed by atoms with E-state index in [1.807, 2.05) is 40.2 Å². The summed E-state index contributed by atoms with van der Waals surface area (Å²) in [6.45, 7) is 4.60. The van der Waals surface area contributed by atoms with Crippen LogP contribution in [-0.4, -0.2) is 74.6 Å². The van der Waals surface area contributed by atoms with Gasteiger partial charge in [-0.2, -0.15) is 4.52 Å². The van der Waals surface area contributed by atoms with Crippen LogP contribution in [-0.2, 0) is 6.42 Å². The molecule has 4 aromatic rings. The molecule has 0 aliphatic carbocycles. The minimum Gasteiger partial charge on any atom is -0.395 e. The van der Waals surface area contributed by atoms with Gasteiger partial charge in [0.15, 0.2) is 16.6 Å². The Morgan fingerprint density at radius 2 is 1.97 bits per heavy atom. The molecule has 0 saturated carbocycles. The minimum absolute atomic E-state index is 0.0626. The first kappa shape index (κ1) is 24.0. The van der Waals surface area contributed by atoms with Gasteiger partial charge in [0.1, 0.15) is 11.6 Å². The molecule has 35 heavy (non-hydrogen) atoms. The van der Waals surface area contributed by atoms with Crippen LogP contribution in [0.1, 0.15) is 12.6 Å². The number of imidazole rings is 1. The van der Waals surface area contributed by atoms with Gasteiger partial charge in [-0.05, 0) is 49.1 Å². The van der Waals surface area contributed by atoms with Crippen molar-refractivity contribution in [2.75, 3.05) is 49.3 Å². The van der Waals surface area contributed by atoms with E-state index in [2.05, 4.69) is 16.1 Å². The topological polar surface area (TPSA) is 73.0 Å². The summed E-state index contributed by atoms with van der Waals surface area (Å²) in [6, 6.07) is 10.4. The predicted octanol–water partition coefficient (Wildman–Crippen LogP) is 4.08. The van der Waals surface area contributed by atoms with Crippen molar-refractivity contribution in [1.29, 1.82) is 0 Å².